The Hall–Kier alpha value is -3.85. The van der Waals surface area contributed by atoms with E-state index in [9.17, 15) is 4.79 Å². The number of ether oxygens (including phenoxy) is 6. The van der Waals surface area contributed by atoms with Crippen molar-refractivity contribution in [1.29, 1.82) is 0 Å². The van der Waals surface area contributed by atoms with Gasteiger partial charge in [0.05, 0.1) is 33.4 Å². The smallest absolute Gasteiger partial charge is 0.306 e. The summed E-state index contributed by atoms with van der Waals surface area (Å²) in [4.78, 5) is 16.0. The average Bonchev–Trinajstić information content (AvgIpc) is 3.67. The minimum atomic E-state index is -0.461. The molecule has 3 aromatic rings. The first kappa shape index (κ1) is 24.5. The fraction of sp³-hybridized carbons (Fsp3) is 0.379. The molecule has 0 spiro atoms. The lowest BCUT2D eigenvalue weighted by atomic mass is 9.98. The molecule has 2 aliphatic heterocycles. The largest absolute Gasteiger partial charge is 0.492 e. The van der Waals surface area contributed by atoms with Crippen molar-refractivity contribution >= 4 is 5.97 Å². The molecular formula is C29H28FNO7. The van der Waals surface area contributed by atoms with Crippen LogP contribution in [0.25, 0.3) is 0 Å². The molecule has 198 valence electrons. The van der Waals surface area contributed by atoms with E-state index < -0.39 is 6.10 Å². The number of fused-ring (bicyclic) bond motifs is 2. The molecule has 0 radical (unpaired) electrons. The van der Waals surface area contributed by atoms with Crippen molar-refractivity contribution in [3.8, 4) is 28.9 Å². The number of nitrogens with zero attached hydrogens (tertiary/aromatic N) is 1. The van der Waals surface area contributed by atoms with Crippen LogP contribution >= 0.6 is 0 Å². The monoisotopic (exact) mass is 521 g/mol. The molecule has 6 rings (SSSR count). The molecule has 38 heavy (non-hydrogen) atoms. The third kappa shape index (κ3) is 4.98. The van der Waals surface area contributed by atoms with E-state index in [2.05, 4.69) is 4.98 Å². The first-order chi connectivity index (χ1) is 18.6. The zero-order valence-corrected chi connectivity index (χ0v) is 21.0. The lowest BCUT2D eigenvalue weighted by Gasteiger charge is -2.17. The number of rotatable bonds is 8. The summed E-state index contributed by atoms with van der Waals surface area (Å²) in [7, 11) is 1.38. The Labute approximate surface area is 219 Å². The fourth-order valence-corrected chi connectivity index (χ4v) is 5.23. The number of hydrogen-bond donors (Lipinski definition) is 0. The van der Waals surface area contributed by atoms with E-state index in [1.807, 2.05) is 12.1 Å². The summed E-state index contributed by atoms with van der Waals surface area (Å²) in [6.45, 7) is 1.63. The number of halogens is 1. The molecule has 0 N–H and O–H groups in total. The number of carbonyl (C=O) groups is 1. The SMILES string of the molecule is COC(=O)C[C@@H]1COc2cc(O[C@@H]3CCc4c(Oc5ccnc(O[C@H]6CCOC6)c5)ccc(F)c43)ccc21. The second-order valence-electron chi connectivity index (χ2n) is 9.61. The van der Waals surface area contributed by atoms with E-state index in [1.165, 1.54) is 13.2 Å². The first-order valence-electron chi connectivity index (χ1n) is 12.8. The van der Waals surface area contributed by atoms with E-state index in [1.54, 1.807) is 30.5 Å². The highest BCUT2D eigenvalue weighted by Crippen LogP contribution is 2.44. The van der Waals surface area contributed by atoms with Gasteiger partial charge in [0.15, 0.2) is 0 Å². The van der Waals surface area contributed by atoms with Gasteiger partial charge in [-0.3, -0.25) is 4.79 Å². The van der Waals surface area contributed by atoms with Crippen molar-refractivity contribution in [3.05, 3.63) is 71.2 Å². The van der Waals surface area contributed by atoms with Crippen LogP contribution in [0.2, 0.25) is 0 Å². The zero-order chi connectivity index (χ0) is 26.1. The minimum Gasteiger partial charge on any atom is -0.492 e. The maximum atomic E-state index is 15.0. The Balaban J connectivity index is 1.17. The molecule has 8 nitrogen and oxygen atoms in total. The summed E-state index contributed by atoms with van der Waals surface area (Å²) in [5, 5.41) is 0. The molecule has 9 heteroatoms. The topological polar surface area (TPSA) is 85.3 Å². The average molecular weight is 522 g/mol. The standard InChI is InChI=1S/C29H28FNO7/c1-33-28(32)12-17-15-35-26-13-18(2-3-21(17)26)37-25-6-4-22-24(7-5-23(30)29(22)25)36-19-8-10-31-27(14-19)38-20-9-11-34-16-20/h2-3,5,7-8,10,13-14,17,20,25H,4,6,9,11-12,15-16H2,1H3/t17-,20+,25-/m1/s1. The highest BCUT2D eigenvalue weighted by Gasteiger charge is 2.32. The van der Waals surface area contributed by atoms with E-state index in [-0.39, 0.29) is 30.2 Å². The van der Waals surface area contributed by atoms with Crippen molar-refractivity contribution in [2.75, 3.05) is 26.9 Å². The van der Waals surface area contributed by atoms with Crippen LogP contribution in [-0.4, -0.2) is 44.0 Å². The lowest BCUT2D eigenvalue weighted by Crippen LogP contribution is -2.16. The second kappa shape index (κ2) is 10.5. The summed E-state index contributed by atoms with van der Waals surface area (Å²) >= 11 is 0. The highest BCUT2D eigenvalue weighted by molar-refractivity contribution is 5.71. The van der Waals surface area contributed by atoms with Gasteiger partial charge in [0.25, 0.3) is 0 Å². The first-order valence-corrected chi connectivity index (χ1v) is 12.8. The molecule has 0 saturated carbocycles. The molecule has 1 aliphatic carbocycles. The van der Waals surface area contributed by atoms with Gasteiger partial charge in [0, 0.05) is 47.4 Å². The van der Waals surface area contributed by atoms with E-state index in [4.69, 9.17) is 28.4 Å². The molecule has 1 aromatic heterocycles. The van der Waals surface area contributed by atoms with Crippen LogP contribution in [0, 0.1) is 5.82 Å². The Morgan fingerprint density at radius 3 is 2.84 bits per heavy atom. The summed E-state index contributed by atoms with van der Waals surface area (Å²) < 4.78 is 49.2. The third-order valence-corrected chi connectivity index (χ3v) is 7.13. The van der Waals surface area contributed by atoms with Gasteiger partial charge in [-0.25, -0.2) is 9.37 Å². The number of methoxy groups -OCH3 is 1. The van der Waals surface area contributed by atoms with Crippen LogP contribution in [-0.2, 0) is 20.7 Å². The quantitative estimate of drug-likeness (QED) is 0.370. The van der Waals surface area contributed by atoms with Crippen LogP contribution in [0.4, 0.5) is 4.39 Å². The summed E-state index contributed by atoms with van der Waals surface area (Å²) in [6, 6.07) is 12.1. The Bertz CT molecular complexity index is 1340. The molecule has 0 unspecified atom stereocenters. The van der Waals surface area contributed by atoms with Gasteiger partial charge >= 0.3 is 5.97 Å². The summed E-state index contributed by atoms with van der Waals surface area (Å²) in [6.07, 6.45) is 3.46. The van der Waals surface area contributed by atoms with Crippen molar-refractivity contribution < 1.29 is 37.6 Å². The number of esters is 1. The predicted molar refractivity (Wildman–Crippen MR) is 134 cm³/mol. The summed E-state index contributed by atoms with van der Waals surface area (Å²) in [5.41, 5.74) is 2.23. The third-order valence-electron chi connectivity index (χ3n) is 7.13. The van der Waals surface area contributed by atoms with Gasteiger partial charge in [-0.1, -0.05) is 6.07 Å². The van der Waals surface area contributed by atoms with Crippen LogP contribution in [0.15, 0.2) is 48.7 Å². The molecule has 3 atom stereocenters. The van der Waals surface area contributed by atoms with E-state index >= 15 is 4.39 Å². The number of benzene rings is 2. The Kier molecular flexibility index (Phi) is 6.76. The molecule has 0 amide bonds. The molecule has 3 aliphatic rings. The number of pyridine rings is 1. The molecule has 0 bridgehead atoms. The van der Waals surface area contributed by atoms with Gasteiger partial charge in [-0.2, -0.15) is 0 Å². The van der Waals surface area contributed by atoms with E-state index in [0.29, 0.717) is 67.1 Å². The van der Waals surface area contributed by atoms with Gasteiger partial charge < -0.3 is 28.4 Å². The van der Waals surface area contributed by atoms with Crippen LogP contribution < -0.4 is 18.9 Å². The van der Waals surface area contributed by atoms with Crippen LogP contribution in [0.5, 0.6) is 28.9 Å². The maximum absolute atomic E-state index is 15.0. The zero-order valence-electron chi connectivity index (χ0n) is 21.0. The fourth-order valence-electron chi connectivity index (χ4n) is 5.23. The lowest BCUT2D eigenvalue weighted by molar-refractivity contribution is -0.141. The number of aromatic nitrogens is 1. The number of carbonyl (C=O) groups excluding carboxylic acids is 1. The van der Waals surface area contributed by atoms with Crippen LogP contribution in [0.3, 0.4) is 0 Å². The Morgan fingerprint density at radius 1 is 1.08 bits per heavy atom. The van der Waals surface area contributed by atoms with Gasteiger partial charge in [-0.05, 0) is 37.1 Å². The second-order valence-corrected chi connectivity index (χ2v) is 9.61. The molecule has 1 fully saturated rings. The van der Waals surface area contributed by atoms with Crippen molar-refractivity contribution in [2.45, 2.75) is 43.8 Å². The van der Waals surface area contributed by atoms with Crippen LogP contribution in [0.1, 0.15) is 48.0 Å². The van der Waals surface area contributed by atoms with Crippen molar-refractivity contribution in [3.63, 3.8) is 0 Å². The minimum absolute atomic E-state index is 0.0194. The number of hydrogen-bond acceptors (Lipinski definition) is 8. The molecule has 1 saturated heterocycles. The normalized spacial score (nSPS) is 21.4. The van der Waals surface area contributed by atoms with Crippen molar-refractivity contribution in [1.82, 2.24) is 4.98 Å². The van der Waals surface area contributed by atoms with E-state index in [0.717, 1.165) is 17.5 Å². The Morgan fingerprint density at radius 2 is 2.00 bits per heavy atom. The molecular weight excluding hydrogens is 493 g/mol. The highest BCUT2D eigenvalue weighted by atomic mass is 19.1. The van der Waals surface area contributed by atoms with Gasteiger partial charge in [-0.15, -0.1) is 0 Å². The predicted octanol–water partition coefficient (Wildman–Crippen LogP) is 5.29. The molecule has 3 heterocycles. The van der Waals surface area contributed by atoms with Gasteiger partial charge in [0.1, 0.15) is 41.0 Å². The maximum Gasteiger partial charge on any atom is 0.306 e. The summed E-state index contributed by atoms with van der Waals surface area (Å²) in [5.74, 6) is 2.20. The molecule has 2 aromatic carbocycles. The van der Waals surface area contributed by atoms with Crippen molar-refractivity contribution in [2.24, 2.45) is 0 Å². The van der Waals surface area contributed by atoms with Gasteiger partial charge in [0.2, 0.25) is 5.88 Å².